The van der Waals surface area contributed by atoms with E-state index in [1.54, 1.807) is 0 Å². The van der Waals surface area contributed by atoms with Gasteiger partial charge < -0.3 is 4.90 Å². The molecule has 1 fully saturated rings. The molecule has 23 heavy (non-hydrogen) atoms. The summed E-state index contributed by atoms with van der Waals surface area (Å²) < 4.78 is 24.7. The highest BCUT2D eigenvalue weighted by molar-refractivity contribution is 7.89. The second-order valence-corrected chi connectivity index (χ2v) is 8.77. The Labute approximate surface area is 139 Å². The average molecular weight is 338 g/mol. The number of likely N-dealkylation sites (tertiary alicyclic amines) is 1. The molecule has 5 nitrogen and oxygen atoms in total. The number of hydrogen-bond donors (Lipinski definition) is 0. The van der Waals surface area contributed by atoms with Crippen molar-refractivity contribution in [1.82, 2.24) is 9.21 Å². The van der Waals surface area contributed by atoms with Gasteiger partial charge in [-0.1, -0.05) is 37.3 Å². The van der Waals surface area contributed by atoms with Crippen molar-refractivity contribution in [2.24, 2.45) is 5.92 Å². The second-order valence-electron chi connectivity index (χ2n) is 6.47. The van der Waals surface area contributed by atoms with Gasteiger partial charge in [-0.05, 0) is 23.8 Å². The molecule has 0 N–H and O–H groups in total. The molecule has 0 spiro atoms. The Morgan fingerprint density at radius 2 is 1.91 bits per heavy atom. The van der Waals surface area contributed by atoms with Crippen molar-refractivity contribution in [3.63, 3.8) is 0 Å². The van der Waals surface area contributed by atoms with Crippen LogP contribution in [0.2, 0.25) is 0 Å². The van der Waals surface area contributed by atoms with Crippen LogP contribution in [0.1, 0.15) is 31.2 Å². The largest absolute Gasteiger partial charge is 0.342 e. The van der Waals surface area contributed by atoms with Crippen molar-refractivity contribution < 1.29 is 13.2 Å². The lowest BCUT2D eigenvalue weighted by atomic mass is 9.81. The van der Waals surface area contributed by atoms with Gasteiger partial charge in [0, 0.05) is 33.6 Å². The van der Waals surface area contributed by atoms with Gasteiger partial charge in [0.2, 0.25) is 15.9 Å². The number of rotatable bonds is 5. The lowest BCUT2D eigenvalue weighted by Gasteiger charge is -2.37. The number of amides is 1. The zero-order valence-corrected chi connectivity index (χ0v) is 14.9. The molecule has 0 saturated carbocycles. The van der Waals surface area contributed by atoms with Crippen LogP contribution in [0.5, 0.6) is 0 Å². The molecule has 0 bridgehead atoms. The summed E-state index contributed by atoms with van der Waals surface area (Å²) in [4.78, 5) is 14.1. The predicted octanol–water partition coefficient (Wildman–Crippen LogP) is 1.92. The minimum atomic E-state index is -3.31. The van der Waals surface area contributed by atoms with E-state index >= 15 is 0 Å². The highest BCUT2D eigenvalue weighted by Gasteiger charge is 2.30. The Kier molecular flexibility index (Phi) is 5.81. The van der Waals surface area contributed by atoms with E-state index in [9.17, 15) is 13.2 Å². The van der Waals surface area contributed by atoms with Crippen molar-refractivity contribution in [2.75, 3.05) is 32.9 Å². The summed E-state index contributed by atoms with van der Waals surface area (Å²) in [6.07, 6.45) is 0.987. The Bertz CT molecular complexity index is 628. The summed E-state index contributed by atoms with van der Waals surface area (Å²) in [6, 6.07) is 10.4. The third kappa shape index (κ3) is 4.54. The van der Waals surface area contributed by atoms with Crippen LogP contribution in [-0.4, -0.2) is 56.5 Å². The Morgan fingerprint density at radius 3 is 2.48 bits per heavy atom. The number of sulfonamides is 1. The molecule has 128 valence electrons. The summed E-state index contributed by atoms with van der Waals surface area (Å²) in [7, 11) is -0.327. The van der Waals surface area contributed by atoms with Gasteiger partial charge in [0.25, 0.3) is 0 Å². The Morgan fingerprint density at radius 1 is 1.26 bits per heavy atom. The molecule has 2 atom stereocenters. The van der Waals surface area contributed by atoms with Gasteiger partial charge in [-0.3, -0.25) is 4.79 Å². The van der Waals surface area contributed by atoms with Crippen molar-refractivity contribution in [2.45, 2.75) is 25.7 Å². The number of benzene rings is 1. The summed E-state index contributed by atoms with van der Waals surface area (Å²) in [5.74, 6) is 0.659. The summed E-state index contributed by atoms with van der Waals surface area (Å²) in [6.45, 7) is 3.55. The molecule has 6 heteroatoms. The van der Waals surface area contributed by atoms with Crippen LogP contribution < -0.4 is 0 Å². The molecule has 0 radical (unpaired) electrons. The van der Waals surface area contributed by atoms with Crippen molar-refractivity contribution >= 4 is 15.9 Å². The van der Waals surface area contributed by atoms with Gasteiger partial charge in [0.1, 0.15) is 0 Å². The first-order valence-corrected chi connectivity index (χ1v) is 9.65. The van der Waals surface area contributed by atoms with Crippen LogP contribution in [0.25, 0.3) is 0 Å². The number of piperidine rings is 1. The molecule has 2 rings (SSSR count). The maximum absolute atomic E-state index is 12.3. The maximum atomic E-state index is 12.3. The first kappa shape index (κ1) is 17.9. The second kappa shape index (κ2) is 7.45. The van der Waals surface area contributed by atoms with Gasteiger partial charge in [0.15, 0.2) is 0 Å². The zero-order chi connectivity index (χ0) is 17.0. The van der Waals surface area contributed by atoms with Crippen LogP contribution >= 0.6 is 0 Å². The molecule has 0 aliphatic carbocycles. The lowest BCUT2D eigenvalue weighted by molar-refractivity contribution is -0.132. The molecular formula is C17H26N2O3S. The van der Waals surface area contributed by atoms with E-state index in [-0.39, 0.29) is 18.1 Å². The van der Waals surface area contributed by atoms with E-state index in [1.165, 1.54) is 24.0 Å². The van der Waals surface area contributed by atoms with Gasteiger partial charge >= 0.3 is 0 Å². The third-order valence-corrected chi connectivity index (χ3v) is 6.45. The SMILES string of the molecule is C[C@@H]1CN(C(=O)CCS(=O)(=O)N(C)C)CC[C@@H]1c1ccccc1. The summed E-state index contributed by atoms with van der Waals surface area (Å²) in [5.41, 5.74) is 1.32. The normalized spacial score (nSPS) is 22.3. The van der Waals surface area contributed by atoms with E-state index in [1.807, 2.05) is 23.1 Å². The fourth-order valence-electron chi connectivity index (χ4n) is 3.12. The van der Waals surface area contributed by atoms with Crippen molar-refractivity contribution in [1.29, 1.82) is 0 Å². The predicted molar refractivity (Wildman–Crippen MR) is 91.6 cm³/mol. The van der Waals surface area contributed by atoms with E-state index in [2.05, 4.69) is 19.1 Å². The van der Waals surface area contributed by atoms with Crippen LogP contribution in [0, 0.1) is 5.92 Å². The molecule has 1 saturated heterocycles. The van der Waals surface area contributed by atoms with Crippen molar-refractivity contribution in [3.05, 3.63) is 35.9 Å². The molecule has 1 heterocycles. The van der Waals surface area contributed by atoms with Crippen LogP contribution in [0.15, 0.2) is 30.3 Å². The highest BCUT2D eigenvalue weighted by atomic mass is 32.2. The van der Waals surface area contributed by atoms with E-state index < -0.39 is 10.0 Å². The molecule has 1 amide bonds. The maximum Gasteiger partial charge on any atom is 0.223 e. The fraction of sp³-hybridized carbons (Fsp3) is 0.588. The monoisotopic (exact) mass is 338 g/mol. The molecule has 1 aliphatic heterocycles. The van der Waals surface area contributed by atoms with Gasteiger partial charge in [-0.15, -0.1) is 0 Å². The number of carbonyl (C=O) groups excluding carboxylic acids is 1. The first-order valence-electron chi connectivity index (χ1n) is 8.04. The van der Waals surface area contributed by atoms with Crippen molar-refractivity contribution in [3.8, 4) is 0 Å². The zero-order valence-electron chi connectivity index (χ0n) is 14.1. The third-order valence-electron chi connectivity index (χ3n) is 4.62. The molecule has 0 aromatic heterocycles. The molecule has 0 unspecified atom stereocenters. The number of carbonyl (C=O) groups is 1. The van der Waals surface area contributed by atoms with E-state index in [4.69, 9.17) is 0 Å². The quantitative estimate of drug-likeness (QED) is 0.824. The van der Waals surface area contributed by atoms with Crippen LogP contribution in [0.3, 0.4) is 0 Å². The van der Waals surface area contributed by atoms with Gasteiger partial charge in [-0.2, -0.15) is 0 Å². The van der Waals surface area contributed by atoms with Gasteiger partial charge in [0.05, 0.1) is 5.75 Å². The fourth-order valence-corrected chi connectivity index (χ4v) is 3.92. The average Bonchev–Trinajstić information content (AvgIpc) is 2.53. The first-order chi connectivity index (χ1) is 10.8. The van der Waals surface area contributed by atoms with Gasteiger partial charge in [-0.25, -0.2) is 12.7 Å². The number of hydrogen-bond acceptors (Lipinski definition) is 3. The Hall–Kier alpha value is -1.40. The number of nitrogens with zero attached hydrogens (tertiary/aromatic N) is 2. The standard InChI is InChI=1S/C17H26N2O3S/c1-14-13-19(17(20)10-12-23(21,22)18(2)3)11-9-16(14)15-7-5-4-6-8-15/h4-8,14,16H,9-13H2,1-3H3/t14-,16+/m1/s1. The Balaban J connectivity index is 1.91. The molecular weight excluding hydrogens is 312 g/mol. The molecule has 1 aliphatic rings. The van der Waals surface area contributed by atoms with Crippen LogP contribution in [-0.2, 0) is 14.8 Å². The minimum absolute atomic E-state index is 0.0588. The lowest BCUT2D eigenvalue weighted by Crippen LogP contribution is -2.43. The van der Waals surface area contributed by atoms with E-state index in [0.717, 1.165) is 6.42 Å². The molecule has 1 aromatic carbocycles. The summed E-state index contributed by atoms with van der Waals surface area (Å²) in [5, 5.41) is 0. The topological polar surface area (TPSA) is 57.7 Å². The molecule has 1 aromatic rings. The van der Waals surface area contributed by atoms with E-state index in [0.29, 0.717) is 24.9 Å². The minimum Gasteiger partial charge on any atom is -0.342 e. The highest BCUT2D eigenvalue weighted by Crippen LogP contribution is 2.32. The summed E-state index contributed by atoms with van der Waals surface area (Å²) >= 11 is 0. The van der Waals surface area contributed by atoms with Crippen LogP contribution in [0.4, 0.5) is 0 Å². The smallest absolute Gasteiger partial charge is 0.223 e.